The van der Waals surface area contributed by atoms with Gasteiger partial charge in [-0.05, 0) is 49.4 Å². The number of rotatable bonds is 7. The maximum absolute atomic E-state index is 12.5. The van der Waals surface area contributed by atoms with Crippen LogP contribution in [0, 0.1) is 5.92 Å². The first-order valence-corrected chi connectivity index (χ1v) is 9.97. The average molecular weight is 410 g/mol. The molecule has 2 aromatic carbocycles. The zero-order valence-corrected chi connectivity index (χ0v) is 17.4. The Labute approximate surface area is 175 Å². The number of hydrogen-bond donors (Lipinski definition) is 1. The highest BCUT2D eigenvalue weighted by atomic mass is 16.6. The van der Waals surface area contributed by atoms with Crippen molar-refractivity contribution < 1.29 is 29.0 Å². The van der Waals surface area contributed by atoms with Gasteiger partial charge in [-0.3, -0.25) is 14.4 Å². The number of ether oxygens (including phenoxy) is 2. The fourth-order valence-electron chi connectivity index (χ4n) is 3.70. The first-order valence-electron chi connectivity index (χ1n) is 9.97. The molecule has 158 valence electrons. The summed E-state index contributed by atoms with van der Waals surface area (Å²) >= 11 is 0. The zero-order chi connectivity index (χ0) is 21.9. The molecular formula is C24H26O6. The monoisotopic (exact) mass is 410 g/mol. The molecular weight excluding hydrogens is 384 g/mol. The van der Waals surface area contributed by atoms with Crippen LogP contribution in [0.5, 0.6) is 0 Å². The van der Waals surface area contributed by atoms with E-state index in [9.17, 15) is 19.5 Å². The Kier molecular flexibility index (Phi) is 6.25. The molecule has 0 aliphatic heterocycles. The molecule has 0 radical (unpaired) electrons. The van der Waals surface area contributed by atoms with E-state index >= 15 is 0 Å². The molecule has 1 N–H and O–H groups in total. The van der Waals surface area contributed by atoms with Crippen LogP contribution in [0.1, 0.15) is 50.7 Å². The molecule has 0 aromatic heterocycles. The van der Waals surface area contributed by atoms with E-state index in [1.54, 1.807) is 20.8 Å². The minimum Gasteiger partial charge on any atom is -0.481 e. The van der Waals surface area contributed by atoms with Crippen LogP contribution in [-0.2, 0) is 23.9 Å². The summed E-state index contributed by atoms with van der Waals surface area (Å²) in [5.74, 6) is -4.25. The molecule has 1 aliphatic carbocycles. The SMILES string of the molecule is CC(C)(C)OC(=O)CC[C@@H](C(=O)O)C(=O)OCC1c2ccccc2-c2ccccc21. The summed E-state index contributed by atoms with van der Waals surface area (Å²) in [4.78, 5) is 36.0. The van der Waals surface area contributed by atoms with E-state index in [4.69, 9.17) is 9.47 Å². The van der Waals surface area contributed by atoms with Crippen LogP contribution in [-0.4, -0.2) is 35.2 Å². The Balaban J connectivity index is 1.66. The lowest BCUT2D eigenvalue weighted by Crippen LogP contribution is -2.29. The minimum atomic E-state index is -1.41. The lowest BCUT2D eigenvalue weighted by atomic mass is 9.98. The smallest absolute Gasteiger partial charge is 0.320 e. The highest BCUT2D eigenvalue weighted by Gasteiger charge is 2.33. The summed E-state index contributed by atoms with van der Waals surface area (Å²) in [5, 5.41) is 9.44. The third-order valence-electron chi connectivity index (χ3n) is 4.99. The van der Waals surface area contributed by atoms with Crippen molar-refractivity contribution >= 4 is 17.9 Å². The fourth-order valence-corrected chi connectivity index (χ4v) is 3.70. The number of esters is 2. The Morgan fingerprint density at radius 1 is 0.967 bits per heavy atom. The van der Waals surface area contributed by atoms with E-state index < -0.39 is 29.4 Å². The van der Waals surface area contributed by atoms with Gasteiger partial charge >= 0.3 is 17.9 Å². The highest BCUT2D eigenvalue weighted by Crippen LogP contribution is 2.44. The summed E-state index contributed by atoms with van der Waals surface area (Å²) in [6.07, 6.45) is -0.334. The van der Waals surface area contributed by atoms with E-state index in [-0.39, 0.29) is 25.4 Å². The molecule has 1 aliphatic rings. The third-order valence-corrected chi connectivity index (χ3v) is 4.99. The van der Waals surface area contributed by atoms with Gasteiger partial charge in [-0.1, -0.05) is 48.5 Å². The number of carbonyl (C=O) groups is 3. The van der Waals surface area contributed by atoms with Crippen LogP contribution in [0.2, 0.25) is 0 Å². The van der Waals surface area contributed by atoms with Crippen LogP contribution < -0.4 is 0 Å². The Bertz CT molecular complexity index is 911. The van der Waals surface area contributed by atoms with Crippen molar-refractivity contribution in [2.24, 2.45) is 5.92 Å². The normalized spacial score (nSPS) is 13.8. The Morgan fingerprint density at radius 3 is 2.00 bits per heavy atom. The summed E-state index contributed by atoms with van der Waals surface area (Å²) < 4.78 is 10.6. The topological polar surface area (TPSA) is 89.9 Å². The van der Waals surface area contributed by atoms with Gasteiger partial charge in [0.1, 0.15) is 12.2 Å². The molecule has 30 heavy (non-hydrogen) atoms. The average Bonchev–Trinajstić information content (AvgIpc) is 2.99. The van der Waals surface area contributed by atoms with Crippen LogP contribution >= 0.6 is 0 Å². The molecule has 0 fully saturated rings. The van der Waals surface area contributed by atoms with Gasteiger partial charge in [0.25, 0.3) is 0 Å². The van der Waals surface area contributed by atoms with E-state index in [1.165, 1.54) is 0 Å². The van der Waals surface area contributed by atoms with Crippen molar-refractivity contribution in [2.45, 2.75) is 45.1 Å². The van der Waals surface area contributed by atoms with E-state index in [0.29, 0.717) is 0 Å². The maximum Gasteiger partial charge on any atom is 0.320 e. The molecule has 2 aromatic rings. The second-order valence-electron chi connectivity index (χ2n) is 8.37. The van der Waals surface area contributed by atoms with Crippen molar-refractivity contribution in [3.05, 3.63) is 59.7 Å². The van der Waals surface area contributed by atoms with Gasteiger partial charge in [0, 0.05) is 12.3 Å². The first-order chi connectivity index (χ1) is 14.2. The van der Waals surface area contributed by atoms with Gasteiger partial charge in [0.15, 0.2) is 5.92 Å². The van der Waals surface area contributed by atoms with Crippen molar-refractivity contribution in [1.82, 2.24) is 0 Å². The zero-order valence-electron chi connectivity index (χ0n) is 17.4. The Hall–Kier alpha value is -3.15. The predicted molar refractivity (Wildman–Crippen MR) is 111 cm³/mol. The Morgan fingerprint density at radius 2 is 1.50 bits per heavy atom. The van der Waals surface area contributed by atoms with Crippen molar-refractivity contribution in [1.29, 1.82) is 0 Å². The van der Waals surface area contributed by atoms with E-state index in [2.05, 4.69) is 0 Å². The van der Waals surface area contributed by atoms with Crippen LogP contribution in [0.25, 0.3) is 11.1 Å². The van der Waals surface area contributed by atoms with Gasteiger partial charge in [0.05, 0.1) is 0 Å². The largest absolute Gasteiger partial charge is 0.481 e. The number of carboxylic acid groups (broad SMARTS) is 1. The molecule has 0 heterocycles. The fraction of sp³-hybridized carbons (Fsp3) is 0.375. The van der Waals surface area contributed by atoms with Crippen LogP contribution in [0.15, 0.2) is 48.5 Å². The minimum absolute atomic E-state index is 0.0447. The van der Waals surface area contributed by atoms with Gasteiger partial charge in [-0.15, -0.1) is 0 Å². The van der Waals surface area contributed by atoms with Gasteiger partial charge in [0.2, 0.25) is 0 Å². The van der Waals surface area contributed by atoms with Gasteiger partial charge in [-0.2, -0.15) is 0 Å². The second kappa shape index (κ2) is 8.69. The molecule has 0 spiro atoms. The van der Waals surface area contributed by atoms with E-state index in [1.807, 2.05) is 48.5 Å². The van der Waals surface area contributed by atoms with E-state index in [0.717, 1.165) is 22.3 Å². The first kappa shape index (κ1) is 21.6. The summed E-state index contributed by atoms with van der Waals surface area (Å²) in [6, 6.07) is 15.8. The number of benzene rings is 2. The predicted octanol–water partition coefficient (Wildman–Crippen LogP) is 4.16. The third kappa shape index (κ3) is 4.87. The van der Waals surface area contributed by atoms with Crippen molar-refractivity contribution in [2.75, 3.05) is 6.61 Å². The molecule has 0 saturated heterocycles. The number of carboxylic acids is 1. The summed E-state index contributed by atoms with van der Waals surface area (Å²) in [6.45, 7) is 5.23. The molecule has 0 bridgehead atoms. The summed E-state index contributed by atoms with van der Waals surface area (Å²) in [7, 11) is 0. The van der Waals surface area contributed by atoms with Crippen molar-refractivity contribution in [3.8, 4) is 11.1 Å². The number of fused-ring (bicyclic) bond motifs is 3. The lowest BCUT2D eigenvalue weighted by Gasteiger charge is -2.20. The highest BCUT2D eigenvalue weighted by molar-refractivity contribution is 5.94. The molecule has 0 amide bonds. The molecule has 0 unspecified atom stereocenters. The number of aliphatic carboxylic acids is 1. The molecule has 3 rings (SSSR count). The molecule has 1 atom stereocenters. The molecule has 0 saturated carbocycles. The lowest BCUT2D eigenvalue weighted by molar-refractivity contribution is -0.160. The number of carbonyl (C=O) groups excluding carboxylic acids is 2. The summed E-state index contributed by atoms with van der Waals surface area (Å²) in [5.41, 5.74) is 3.61. The van der Waals surface area contributed by atoms with Gasteiger partial charge in [-0.25, -0.2) is 0 Å². The van der Waals surface area contributed by atoms with Crippen molar-refractivity contribution in [3.63, 3.8) is 0 Å². The van der Waals surface area contributed by atoms with Crippen LogP contribution in [0.4, 0.5) is 0 Å². The number of hydrogen-bond acceptors (Lipinski definition) is 5. The molecule has 6 nitrogen and oxygen atoms in total. The van der Waals surface area contributed by atoms with Gasteiger partial charge < -0.3 is 14.6 Å². The second-order valence-corrected chi connectivity index (χ2v) is 8.37. The standard InChI is InChI=1S/C24H26O6/c1-24(2,3)30-21(25)13-12-19(22(26)27)23(28)29-14-20-17-10-6-4-8-15(17)16-9-5-7-11-18(16)20/h4-11,19-20H,12-14H2,1-3H3,(H,26,27)/t19-/m0/s1. The quantitative estimate of drug-likeness (QED) is 0.544. The van der Waals surface area contributed by atoms with Crippen LogP contribution in [0.3, 0.4) is 0 Å². The maximum atomic E-state index is 12.5. The molecule has 6 heteroatoms.